The standard InChI is InChI=1S/C37H36O10.C28H26N2O6.C18H16O6.C9H9NO3.C8H8O3.C4H10O6S2.2K.H4N2O.2H2O.H/c1-40-30-11-15-34(37(23-30)43-4)47-17-16-44-31-12-8-26(20-29(31)25-39)6-5-7-27-9-13-32(35(21-27)41-2)45-18-19-46-33-14-10-28(24-38)22-36(33)42-3;1-29-18-20-10-12-24(26(17-20)33-3)35-14-13-34-23-11-9-19(16-25(23)32-2)15-22-28(31)36-27(30-22)21-7-5-4-6-8-21;1-22-18-9-14(11-20)3-5-17(18)24-7-6-23-16-4-2-13(10-19)8-15(16)12-21;11-8(12)6-10-9(13)7-4-2-1-3-5-7;1-11-8-4-6(5-9)2-3-7(8)10;1-11(5,6)9-3-4-10-12(2,7)8;;;1-2-3;;;/h6-15,20-25H,16-19H2,1-4H3;4-12,15-18H,13-14H2,1-3H3;2-5,8-12H,6-7H2,1H3;1-5H,6H2,(H,10,13)(H,11,12);2-5,10H,1H3;3-4H2,1-2H3;;;2-3H,1H2;2*1H2;/q;;;;;;2*+1;;;;-1/p-1. The van der Waals surface area contributed by atoms with Gasteiger partial charge in [0.1, 0.15) is 102 Å². The summed E-state index contributed by atoms with van der Waals surface area (Å²) in [7, 11) is 6.95. The van der Waals surface area contributed by atoms with Gasteiger partial charge in [0.2, 0.25) is 5.90 Å². The number of methoxy groups -OCH3 is 8. The van der Waals surface area contributed by atoms with Crippen LogP contribution in [0.15, 0.2) is 246 Å². The molecule has 150 heavy (non-hydrogen) atoms. The van der Waals surface area contributed by atoms with Crippen LogP contribution in [0.4, 0.5) is 0 Å². The summed E-state index contributed by atoms with van der Waals surface area (Å²) in [4.78, 5) is 107. The summed E-state index contributed by atoms with van der Waals surface area (Å²) in [6.45, 7) is 1.03. The van der Waals surface area contributed by atoms with Gasteiger partial charge >= 0.3 is 115 Å². The van der Waals surface area contributed by atoms with E-state index in [9.17, 15) is 60.0 Å². The number of carbonyl (C=O) groups excluding carboxylic acids is 8. The molecule has 0 unspecified atom stereocenters. The molecule has 12 rings (SSSR count). The Kier molecular flexibility index (Phi) is 64.4. The number of aliphatic carboxylic acids is 1. The summed E-state index contributed by atoms with van der Waals surface area (Å²) in [5, 5.41) is 26.7. The first kappa shape index (κ1) is 132. The van der Waals surface area contributed by atoms with Crippen molar-refractivity contribution in [3.8, 4) is 97.7 Å². The summed E-state index contributed by atoms with van der Waals surface area (Å²) in [6.07, 6.45) is 12.9. The van der Waals surface area contributed by atoms with Gasteiger partial charge < -0.3 is 114 Å². The number of carboxylic acids is 1. The summed E-state index contributed by atoms with van der Waals surface area (Å²) in [5.41, 5.74) is 11.6. The van der Waals surface area contributed by atoms with Gasteiger partial charge in [-0.05, 0) is 204 Å². The number of aromatic hydroxyl groups is 1. The van der Waals surface area contributed by atoms with Gasteiger partial charge in [-0.3, -0.25) is 51.7 Å². The number of aldehydes is 6. The maximum absolute atomic E-state index is 12.3. The molecular weight excluding hydrogens is 2050 g/mol. The molecule has 790 valence electrons. The molecule has 11 aromatic carbocycles. The van der Waals surface area contributed by atoms with E-state index in [4.69, 9.17) is 95.9 Å². The van der Waals surface area contributed by atoms with Gasteiger partial charge in [-0.25, -0.2) is 15.6 Å². The van der Waals surface area contributed by atoms with Crippen molar-refractivity contribution in [1.82, 2.24) is 10.9 Å². The first-order valence-electron chi connectivity index (χ1n) is 43.2. The van der Waals surface area contributed by atoms with E-state index in [-0.39, 0.29) is 204 Å². The van der Waals surface area contributed by atoms with Gasteiger partial charge in [-0.2, -0.15) is 16.8 Å². The third kappa shape index (κ3) is 48.1. The van der Waals surface area contributed by atoms with Crippen molar-refractivity contribution < 1.29 is 279 Å². The molecule has 1 aliphatic rings. The Morgan fingerprint density at radius 1 is 0.413 bits per heavy atom. The minimum absolute atomic E-state index is 0. The number of cyclic esters (lactones) is 1. The Hall–Kier alpha value is -14.1. The molecule has 42 nitrogen and oxygen atoms in total. The van der Waals surface area contributed by atoms with Crippen LogP contribution in [-0.4, -0.2) is 260 Å². The molecule has 1 amide bonds. The fraction of sp³-hybridized carbons (Fsp3) is 0.212. The Morgan fingerprint density at radius 2 is 0.727 bits per heavy atom. The Labute approximate surface area is 952 Å². The number of rotatable bonds is 47. The van der Waals surface area contributed by atoms with E-state index in [0.29, 0.717) is 156 Å². The second kappa shape index (κ2) is 73.1. The average Bonchev–Trinajstić information content (AvgIpc) is 1.68. The van der Waals surface area contributed by atoms with Gasteiger partial charge in [0, 0.05) is 52.7 Å². The van der Waals surface area contributed by atoms with Crippen LogP contribution in [0.3, 0.4) is 0 Å². The number of phenolic OH excluding ortho intramolecular Hbond substituents is 1. The van der Waals surface area contributed by atoms with Gasteiger partial charge in [0.15, 0.2) is 98.8 Å². The van der Waals surface area contributed by atoms with Crippen LogP contribution in [0.5, 0.6) is 97.7 Å². The molecule has 0 aromatic heterocycles. The summed E-state index contributed by atoms with van der Waals surface area (Å²) < 4.78 is 143. The zero-order valence-corrected chi connectivity index (χ0v) is 91.9. The van der Waals surface area contributed by atoms with Gasteiger partial charge in [-0.15, -0.1) is 11.3 Å². The maximum atomic E-state index is 12.3. The number of amides is 1. The average molecular weight is 2170 g/mol. The zero-order chi connectivity index (χ0) is 107. The predicted molar refractivity (Wildman–Crippen MR) is 545 cm³/mol. The first-order chi connectivity index (χ1) is 70.4. The number of nitrogens with one attached hydrogen (secondary N) is 2. The monoisotopic (exact) mass is 2170 g/mol. The third-order valence-electron chi connectivity index (χ3n) is 18.6. The van der Waals surface area contributed by atoms with E-state index in [1.165, 1.54) is 51.2 Å². The van der Waals surface area contributed by atoms with E-state index in [1.807, 2.05) is 72.8 Å². The number of carboxylic acid groups (broad SMARTS) is 1. The third-order valence-corrected chi connectivity index (χ3v) is 19.8. The molecule has 1 aliphatic heterocycles. The molecule has 0 saturated carbocycles. The van der Waals surface area contributed by atoms with E-state index in [1.54, 1.807) is 194 Å². The van der Waals surface area contributed by atoms with Crippen molar-refractivity contribution in [2.24, 2.45) is 15.8 Å². The van der Waals surface area contributed by atoms with Gasteiger partial charge in [0.25, 0.3) is 26.1 Å². The van der Waals surface area contributed by atoms with Crippen molar-refractivity contribution in [3.05, 3.63) is 303 Å². The van der Waals surface area contributed by atoms with Crippen LogP contribution >= 0.6 is 0 Å². The van der Waals surface area contributed by atoms with Crippen LogP contribution in [0.25, 0.3) is 18.2 Å². The van der Waals surface area contributed by atoms with Crippen LogP contribution in [0, 0.1) is 0 Å². The minimum atomic E-state index is -3.52. The van der Waals surface area contributed by atoms with Crippen LogP contribution in [0.1, 0.15) is 102 Å². The van der Waals surface area contributed by atoms with Crippen molar-refractivity contribution >= 4 is 106 Å². The maximum Gasteiger partial charge on any atom is 1.00 e. The number of esters is 1. The summed E-state index contributed by atoms with van der Waals surface area (Å²) in [6, 6.07) is 63.5. The second-order valence-electron chi connectivity index (χ2n) is 28.8. The second-order valence-corrected chi connectivity index (χ2v) is 32.0. The normalized spacial score (nSPS) is 10.8. The number of aliphatic imine (C=N–C) groups is 2. The fourth-order valence-electron chi connectivity index (χ4n) is 11.9. The first-order valence-corrected chi connectivity index (χ1v) is 46.8. The minimum Gasteiger partial charge on any atom is -1.00 e. The van der Waals surface area contributed by atoms with Crippen molar-refractivity contribution in [3.63, 3.8) is 0 Å². The van der Waals surface area contributed by atoms with Crippen LogP contribution in [0.2, 0.25) is 0 Å². The molecule has 1 heterocycles. The van der Waals surface area contributed by atoms with Crippen molar-refractivity contribution in [1.29, 1.82) is 0 Å². The number of carbonyl (C=O) groups is 9. The Bertz CT molecular complexity index is 6530. The fourth-order valence-corrected chi connectivity index (χ4v) is 12.7. The number of nitrogens with zero attached hydrogens (tertiary/aromatic N) is 2. The number of ether oxygens (including phenoxy) is 17. The predicted octanol–water partition coefficient (Wildman–Crippen LogP) is 6.34. The number of phenols is 1. The van der Waals surface area contributed by atoms with Gasteiger partial charge in [0.05, 0.1) is 93.7 Å². The van der Waals surface area contributed by atoms with E-state index < -0.39 is 32.2 Å². The number of hydrazine groups is 1. The molecule has 0 spiro atoms. The molecule has 46 heteroatoms. The number of hydrogen-bond donors (Lipinski definition) is 6. The molecule has 0 radical (unpaired) electrons. The summed E-state index contributed by atoms with van der Waals surface area (Å²) in [5.74, 6) is 10.8. The summed E-state index contributed by atoms with van der Waals surface area (Å²) >= 11 is 0. The molecule has 11 aromatic rings. The van der Waals surface area contributed by atoms with E-state index in [0.717, 1.165) is 59.2 Å². The van der Waals surface area contributed by atoms with Crippen LogP contribution in [-0.2, 0) is 42.9 Å². The molecular formula is C104H113K2N5O37S2. The van der Waals surface area contributed by atoms with Crippen molar-refractivity contribution in [2.75, 3.05) is 149 Å². The SMILES string of the molecule is CN=Cc1ccc(OCCOc2ccc(C=C3N=C(c4ccccc4)OC3=O)cc2OC)c(OC)c1.COc1cc(C=O)ccc1O.COc1cc(C=O)ccc1OCCOc1ccc(C=O)cc1C=O.COc1ccc(OCCOc2ccc(C=C=Cc3ccc(OCCOc4ccc(C=O)cc4OC)c(OC)c3)cc2C=O)c(OC)c1.CS(=O)(=O)OCCOS(C)(=O)=O.NNO.O.O=C(O)CNC(=O)c1ccccc1.[H-].[K+].[K+].[OH-]. The zero-order valence-electron chi connectivity index (χ0n) is 85.1. The Morgan fingerprint density at radius 3 is 1.10 bits per heavy atom. The number of benzene rings is 11. The molecule has 0 bridgehead atoms. The number of hydrogen-bond acceptors (Lipinski definition) is 39. The van der Waals surface area contributed by atoms with Crippen molar-refractivity contribution in [2.45, 2.75) is 0 Å². The quantitative estimate of drug-likeness (QED) is 0.00231. The molecule has 0 saturated heterocycles. The van der Waals surface area contributed by atoms with E-state index in [2.05, 4.69) is 35.2 Å². The molecule has 0 aliphatic carbocycles. The van der Waals surface area contributed by atoms with E-state index >= 15 is 0 Å². The van der Waals surface area contributed by atoms with Gasteiger partial charge in [-0.1, -0.05) is 54.6 Å². The molecule has 10 N–H and O–H groups in total. The smallest absolute Gasteiger partial charge is 1.00 e. The van der Waals surface area contributed by atoms with Crippen LogP contribution < -0.4 is 195 Å². The molecule has 0 atom stereocenters. The topological polar surface area (TPSA) is 594 Å². The molecule has 0 fully saturated rings. The Balaban J connectivity index is 0.000000968. The number of nitrogens with two attached hydrogens (primary N) is 1. The largest absolute Gasteiger partial charge is 1.00 e.